The smallest absolute Gasteiger partial charge is 0.0471 e. The van der Waals surface area contributed by atoms with Gasteiger partial charge in [0.15, 0.2) is 0 Å². The fourth-order valence-corrected chi connectivity index (χ4v) is 2.65. The molecule has 3 heteroatoms. The van der Waals surface area contributed by atoms with Gasteiger partial charge < -0.3 is 10.6 Å². The van der Waals surface area contributed by atoms with E-state index in [1.807, 2.05) is 12.1 Å². The Morgan fingerprint density at radius 1 is 1.29 bits per heavy atom. The summed E-state index contributed by atoms with van der Waals surface area (Å²) in [5.74, 6) is 0. The molecule has 1 saturated heterocycles. The van der Waals surface area contributed by atoms with E-state index < -0.39 is 0 Å². The summed E-state index contributed by atoms with van der Waals surface area (Å²) >= 11 is 6.20. The minimum atomic E-state index is 0.470. The Bertz CT molecular complexity index is 391. The molecule has 2 N–H and O–H groups in total. The molecule has 1 aliphatic rings. The fraction of sp³-hybridized carbons (Fsp3) is 0.571. The number of halogens is 1. The molecule has 0 spiro atoms. The van der Waals surface area contributed by atoms with Crippen LogP contribution in [-0.4, -0.2) is 13.1 Å². The van der Waals surface area contributed by atoms with Crippen LogP contribution in [-0.2, 0) is 6.54 Å². The molecule has 0 saturated carbocycles. The first-order chi connectivity index (χ1) is 8.03. The van der Waals surface area contributed by atoms with E-state index in [9.17, 15) is 0 Å². The zero-order valence-corrected chi connectivity index (χ0v) is 11.4. The molecule has 1 aromatic rings. The monoisotopic (exact) mass is 252 g/mol. The maximum Gasteiger partial charge on any atom is 0.0471 e. The van der Waals surface area contributed by atoms with Gasteiger partial charge in [0, 0.05) is 35.9 Å². The van der Waals surface area contributed by atoms with E-state index in [0.717, 1.165) is 23.7 Å². The lowest BCUT2D eigenvalue weighted by Crippen LogP contribution is -2.37. The molecule has 0 atom stereocenters. The van der Waals surface area contributed by atoms with Crippen molar-refractivity contribution in [1.82, 2.24) is 0 Å². The van der Waals surface area contributed by atoms with Crippen LogP contribution in [0.1, 0.15) is 32.3 Å². The van der Waals surface area contributed by atoms with E-state index in [1.165, 1.54) is 18.5 Å². The number of hydrogen-bond acceptors (Lipinski definition) is 2. The molecule has 0 bridgehead atoms. The third-order valence-corrected chi connectivity index (χ3v) is 4.11. The Labute approximate surface area is 109 Å². The van der Waals surface area contributed by atoms with Crippen molar-refractivity contribution < 1.29 is 0 Å². The van der Waals surface area contributed by atoms with Gasteiger partial charge in [-0.25, -0.2) is 0 Å². The Hall–Kier alpha value is -0.730. The van der Waals surface area contributed by atoms with Crippen LogP contribution < -0.4 is 10.6 Å². The number of nitrogens with two attached hydrogens (primary N) is 1. The molecule has 2 nitrogen and oxygen atoms in total. The lowest BCUT2D eigenvalue weighted by molar-refractivity contribution is 0.279. The van der Waals surface area contributed by atoms with Crippen LogP contribution in [0.3, 0.4) is 0 Å². The topological polar surface area (TPSA) is 29.3 Å². The summed E-state index contributed by atoms with van der Waals surface area (Å²) in [6, 6.07) is 6.06. The van der Waals surface area contributed by atoms with Gasteiger partial charge in [-0.05, 0) is 30.4 Å². The minimum absolute atomic E-state index is 0.470. The van der Waals surface area contributed by atoms with Crippen LogP contribution in [0.25, 0.3) is 0 Å². The fourth-order valence-electron chi connectivity index (χ4n) is 2.40. The number of piperidine rings is 1. The van der Waals surface area contributed by atoms with Crippen LogP contribution in [0.2, 0.25) is 5.02 Å². The first-order valence-corrected chi connectivity index (χ1v) is 6.64. The Balaban J connectivity index is 2.21. The molecule has 17 heavy (non-hydrogen) atoms. The zero-order valence-electron chi connectivity index (χ0n) is 10.7. The van der Waals surface area contributed by atoms with Crippen LogP contribution in [0, 0.1) is 5.41 Å². The summed E-state index contributed by atoms with van der Waals surface area (Å²) in [5.41, 5.74) is 8.57. The van der Waals surface area contributed by atoms with E-state index in [2.05, 4.69) is 24.8 Å². The maximum absolute atomic E-state index is 6.20. The van der Waals surface area contributed by atoms with Crippen molar-refractivity contribution >= 4 is 17.3 Å². The maximum atomic E-state index is 6.20. The molecule has 1 aliphatic heterocycles. The molecule has 0 amide bonds. The summed E-state index contributed by atoms with van der Waals surface area (Å²) in [6.07, 6.45) is 2.45. The van der Waals surface area contributed by atoms with Crippen molar-refractivity contribution in [2.45, 2.75) is 33.2 Å². The number of nitrogens with zero attached hydrogens (tertiary/aromatic N) is 1. The van der Waals surface area contributed by atoms with Gasteiger partial charge in [0.1, 0.15) is 0 Å². The SMILES string of the molecule is CC1(C)CCN(c2cccc(Cl)c2CN)CC1. The van der Waals surface area contributed by atoms with Crippen LogP contribution in [0.15, 0.2) is 18.2 Å². The third-order valence-electron chi connectivity index (χ3n) is 3.76. The van der Waals surface area contributed by atoms with E-state index in [0.29, 0.717) is 12.0 Å². The molecule has 0 radical (unpaired) electrons. The van der Waals surface area contributed by atoms with Gasteiger partial charge in [-0.2, -0.15) is 0 Å². The Morgan fingerprint density at radius 2 is 1.94 bits per heavy atom. The lowest BCUT2D eigenvalue weighted by Gasteiger charge is -2.39. The van der Waals surface area contributed by atoms with Crippen molar-refractivity contribution in [2.75, 3.05) is 18.0 Å². The highest BCUT2D eigenvalue weighted by atomic mass is 35.5. The predicted molar refractivity (Wildman–Crippen MR) is 74.6 cm³/mol. The van der Waals surface area contributed by atoms with Crippen molar-refractivity contribution in [1.29, 1.82) is 0 Å². The number of rotatable bonds is 2. The normalized spacial score (nSPS) is 19.4. The van der Waals surface area contributed by atoms with Gasteiger partial charge in [-0.1, -0.05) is 31.5 Å². The highest BCUT2D eigenvalue weighted by Gasteiger charge is 2.26. The molecular weight excluding hydrogens is 232 g/mol. The van der Waals surface area contributed by atoms with Crippen LogP contribution in [0.5, 0.6) is 0 Å². The molecule has 1 heterocycles. The number of anilines is 1. The highest BCUT2D eigenvalue weighted by molar-refractivity contribution is 6.31. The van der Waals surface area contributed by atoms with Crippen molar-refractivity contribution in [3.05, 3.63) is 28.8 Å². The van der Waals surface area contributed by atoms with Crippen molar-refractivity contribution in [2.24, 2.45) is 11.1 Å². The first kappa shape index (κ1) is 12.7. The number of benzene rings is 1. The van der Waals surface area contributed by atoms with Crippen molar-refractivity contribution in [3.63, 3.8) is 0 Å². The van der Waals surface area contributed by atoms with Crippen LogP contribution >= 0.6 is 11.6 Å². The summed E-state index contributed by atoms with van der Waals surface area (Å²) in [4.78, 5) is 2.42. The van der Waals surface area contributed by atoms with Gasteiger partial charge in [-0.3, -0.25) is 0 Å². The van der Waals surface area contributed by atoms with E-state index in [-0.39, 0.29) is 0 Å². The minimum Gasteiger partial charge on any atom is -0.371 e. The summed E-state index contributed by atoms with van der Waals surface area (Å²) < 4.78 is 0. The van der Waals surface area contributed by atoms with Gasteiger partial charge in [0.2, 0.25) is 0 Å². The van der Waals surface area contributed by atoms with Crippen LogP contribution in [0.4, 0.5) is 5.69 Å². The Kier molecular flexibility index (Phi) is 3.64. The van der Waals surface area contributed by atoms with E-state index >= 15 is 0 Å². The number of hydrogen-bond donors (Lipinski definition) is 1. The average Bonchev–Trinajstić information content (AvgIpc) is 2.29. The highest BCUT2D eigenvalue weighted by Crippen LogP contribution is 2.34. The molecular formula is C14H21ClN2. The second kappa shape index (κ2) is 4.87. The second-order valence-corrected chi connectivity index (χ2v) is 6.00. The molecule has 1 fully saturated rings. The first-order valence-electron chi connectivity index (χ1n) is 6.26. The Morgan fingerprint density at radius 3 is 2.53 bits per heavy atom. The molecule has 0 aromatic heterocycles. The quantitative estimate of drug-likeness (QED) is 0.874. The van der Waals surface area contributed by atoms with Gasteiger partial charge in [0.25, 0.3) is 0 Å². The molecule has 2 rings (SSSR count). The van der Waals surface area contributed by atoms with Gasteiger partial charge >= 0.3 is 0 Å². The van der Waals surface area contributed by atoms with Gasteiger partial charge in [-0.15, -0.1) is 0 Å². The van der Waals surface area contributed by atoms with E-state index in [4.69, 9.17) is 17.3 Å². The molecule has 94 valence electrons. The summed E-state index contributed by atoms with van der Waals surface area (Å²) in [6.45, 7) is 7.38. The van der Waals surface area contributed by atoms with E-state index in [1.54, 1.807) is 0 Å². The van der Waals surface area contributed by atoms with Crippen molar-refractivity contribution in [3.8, 4) is 0 Å². The average molecular weight is 253 g/mol. The predicted octanol–water partition coefficient (Wildman–Crippen LogP) is 3.43. The third kappa shape index (κ3) is 2.75. The second-order valence-electron chi connectivity index (χ2n) is 5.59. The molecule has 1 aromatic carbocycles. The standard InChI is InChI=1S/C14H21ClN2/c1-14(2)6-8-17(9-7-14)13-5-3-4-12(15)11(13)10-16/h3-5H,6-10,16H2,1-2H3. The zero-order chi connectivity index (χ0) is 12.5. The van der Waals surface area contributed by atoms with Gasteiger partial charge in [0.05, 0.1) is 0 Å². The summed E-state index contributed by atoms with van der Waals surface area (Å²) in [7, 11) is 0. The summed E-state index contributed by atoms with van der Waals surface area (Å²) in [5, 5.41) is 0.787. The lowest BCUT2D eigenvalue weighted by atomic mass is 9.82. The molecule has 0 aliphatic carbocycles. The largest absolute Gasteiger partial charge is 0.371 e. The molecule has 0 unspecified atom stereocenters.